The molecule has 0 unspecified atom stereocenters. The summed E-state index contributed by atoms with van der Waals surface area (Å²) in [5.41, 5.74) is 4.10. The van der Waals surface area contributed by atoms with Crippen LogP contribution in [-0.4, -0.2) is 32.9 Å². The van der Waals surface area contributed by atoms with Crippen LogP contribution < -0.4 is 19.6 Å². The number of hydrazone groups is 1. The van der Waals surface area contributed by atoms with Gasteiger partial charge in [-0.15, -0.1) is 0 Å². The van der Waals surface area contributed by atoms with E-state index < -0.39 is 0 Å². The van der Waals surface area contributed by atoms with E-state index in [0.29, 0.717) is 17.2 Å². The second-order valence-corrected chi connectivity index (χ2v) is 7.00. The van der Waals surface area contributed by atoms with Gasteiger partial charge in [0.1, 0.15) is 5.75 Å². The highest BCUT2D eigenvalue weighted by molar-refractivity contribution is 9.11. The monoisotopic (exact) mass is 484 g/mol. The highest BCUT2D eigenvalue weighted by Gasteiger charge is 2.09. The van der Waals surface area contributed by atoms with Gasteiger partial charge in [-0.25, -0.2) is 5.43 Å². The van der Waals surface area contributed by atoms with Crippen LogP contribution in [0.2, 0.25) is 0 Å². The molecule has 2 aromatic carbocycles. The van der Waals surface area contributed by atoms with E-state index in [1.54, 1.807) is 32.4 Å². The Labute approximate surface area is 168 Å². The van der Waals surface area contributed by atoms with Crippen LogP contribution in [0.4, 0.5) is 0 Å². The Morgan fingerprint density at radius 1 is 1.15 bits per heavy atom. The minimum absolute atomic E-state index is 0.148. The van der Waals surface area contributed by atoms with E-state index in [4.69, 9.17) is 14.2 Å². The smallest absolute Gasteiger partial charge is 0.277 e. The molecule has 2 aromatic rings. The third-order valence-corrected chi connectivity index (χ3v) is 4.40. The summed E-state index contributed by atoms with van der Waals surface area (Å²) >= 11 is 6.82. The third kappa shape index (κ3) is 5.47. The van der Waals surface area contributed by atoms with Crippen molar-refractivity contribution in [2.24, 2.45) is 5.10 Å². The Hall–Kier alpha value is -2.06. The molecule has 1 amide bonds. The molecule has 2 rings (SSSR count). The molecule has 6 nitrogen and oxygen atoms in total. The summed E-state index contributed by atoms with van der Waals surface area (Å²) < 4.78 is 17.7. The predicted octanol–water partition coefficient (Wildman–Crippen LogP) is 4.07. The van der Waals surface area contributed by atoms with E-state index in [-0.39, 0.29) is 12.5 Å². The molecule has 0 bridgehead atoms. The number of hydrogen-bond acceptors (Lipinski definition) is 5. The predicted molar refractivity (Wildman–Crippen MR) is 107 cm³/mol. The number of aryl methyl sites for hydroxylation is 1. The molecule has 26 heavy (non-hydrogen) atoms. The second-order valence-electron chi connectivity index (χ2n) is 5.23. The maximum Gasteiger partial charge on any atom is 0.277 e. The fourth-order valence-corrected chi connectivity index (χ4v) is 3.71. The molecule has 0 saturated carbocycles. The fraction of sp³-hybridized carbons (Fsp3) is 0.222. The van der Waals surface area contributed by atoms with Gasteiger partial charge in [-0.1, -0.05) is 15.9 Å². The molecule has 0 aromatic heterocycles. The topological polar surface area (TPSA) is 69.2 Å². The molecule has 0 radical (unpaired) electrons. The molecule has 0 atom stereocenters. The summed E-state index contributed by atoms with van der Waals surface area (Å²) in [7, 11) is 3.12. The fourth-order valence-electron chi connectivity index (χ4n) is 2.15. The SMILES string of the molecule is COc1ccc(C=NNC(=O)COc2c(C)cc(Br)cc2Br)cc1OC. The molecule has 0 heterocycles. The first-order chi connectivity index (χ1) is 12.4. The number of hydrogen-bond donors (Lipinski definition) is 1. The van der Waals surface area contributed by atoms with Crippen LogP contribution >= 0.6 is 31.9 Å². The Morgan fingerprint density at radius 2 is 1.88 bits per heavy atom. The van der Waals surface area contributed by atoms with Crippen molar-refractivity contribution in [1.29, 1.82) is 0 Å². The van der Waals surface area contributed by atoms with Crippen molar-refractivity contribution < 1.29 is 19.0 Å². The van der Waals surface area contributed by atoms with E-state index in [9.17, 15) is 4.79 Å². The molecule has 0 aliphatic carbocycles. The summed E-state index contributed by atoms with van der Waals surface area (Å²) in [5.74, 6) is 1.46. The standard InChI is InChI=1S/C18H18Br2N2O4/c1-11-6-13(19)8-14(20)18(11)26-10-17(23)22-21-9-12-4-5-15(24-2)16(7-12)25-3/h4-9H,10H2,1-3H3,(H,22,23). The number of carbonyl (C=O) groups excluding carboxylic acids is 1. The molecular formula is C18H18Br2N2O4. The number of nitrogens with one attached hydrogen (secondary N) is 1. The number of halogens is 2. The van der Waals surface area contributed by atoms with Crippen LogP contribution in [-0.2, 0) is 4.79 Å². The van der Waals surface area contributed by atoms with Crippen molar-refractivity contribution in [3.05, 3.63) is 50.4 Å². The van der Waals surface area contributed by atoms with Crippen LogP contribution in [0.15, 0.2) is 44.4 Å². The number of ether oxygens (including phenoxy) is 3. The van der Waals surface area contributed by atoms with Crippen molar-refractivity contribution in [3.63, 3.8) is 0 Å². The Morgan fingerprint density at radius 3 is 2.54 bits per heavy atom. The van der Waals surface area contributed by atoms with E-state index in [1.807, 2.05) is 19.1 Å². The first-order valence-electron chi connectivity index (χ1n) is 7.57. The van der Waals surface area contributed by atoms with Crippen molar-refractivity contribution in [1.82, 2.24) is 5.43 Å². The van der Waals surface area contributed by atoms with Crippen molar-refractivity contribution >= 4 is 44.0 Å². The lowest BCUT2D eigenvalue weighted by atomic mass is 10.2. The molecule has 0 aliphatic heterocycles. The second kappa shape index (κ2) is 9.59. The Kier molecular flexibility index (Phi) is 7.47. The van der Waals surface area contributed by atoms with E-state index in [0.717, 1.165) is 20.1 Å². The molecule has 1 N–H and O–H groups in total. The zero-order chi connectivity index (χ0) is 19.1. The van der Waals surface area contributed by atoms with Gasteiger partial charge in [-0.3, -0.25) is 4.79 Å². The number of methoxy groups -OCH3 is 2. The average molecular weight is 486 g/mol. The van der Waals surface area contributed by atoms with Crippen LogP contribution in [0.1, 0.15) is 11.1 Å². The van der Waals surface area contributed by atoms with E-state index in [2.05, 4.69) is 42.4 Å². The summed E-state index contributed by atoms with van der Waals surface area (Å²) in [5, 5.41) is 3.92. The van der Waals surface area contributed by atoms with E-state index in [1.165, 1.54) is 6.21 Å². The molecule has 8 heteroatoms. The molecule has 0 saturated heterocycles. The first-order valence-corrected chi connectivity index (χ1v) is 9.15. The first kappa shape index (κ1) is 20.3. The van der Waals surface area contributed by atoms with Crippen LogP contribution in [0.25, 0.3) is 0 Å². The molecule has 0 aliphatic rings. The van der Waals surface area contributed by atoms with Crippen molar-refractivity contribution in [3.8, 4) is 17.2 Å². The largest absolute Gasteiger partial charge is 0.493 e. The van der Waals surface area contributed by atoms with Gasteiger partial charge < -0.3 is 14.2 Å². The Balaban J connectivity index is 1.92. The maximum atomic E-state index is 11.9. The lowest BCUT2D eigenvalue weighted by molar-refractivity contribution is -0.123. The molecule has 0 fully saturated rings. The summed E-state index contributed by atoms with van der Waals surface area (Å²) in [6.07, 6.45) is 1.51. The lowest BCUT2D eigenvalue weighted by Crippen LogP contribution is -2.24. The Bertz CT molecular complexity index is 802. The van der Waals surface area contributed by atoms with Gasteiger partial charge in [-0.2, -0.15) is 5.10 Å². The zero-order valence-corrected chi connectivity index (χ0v) is 17.7. The number of rotatable bonds is 7. The quantitative estimate of drug-likeness (QED) is 0.474. The van der Waals surface area contributed by atoms with Gasteiger partial charge in [0.05, 0.1) is 24.9 Å². The van der Waals surface area contributed by atoms with Gasteiger partial charge in [0.25, 0.3) is 5.91 Å². The summed E-state index contributed by atoms with van der Waals surface area (Å²) in [6.45, 7) is 1.75. The van der Waals surface area contributed by atoms with Crippen LogP contribution in [0.3, 0.4) is 0 Å². The normalized spacial score (nSPS) is 10.7. The minimum atomic E-state index is -0.365. The van der Waals surface area contributed by atoms with Crippen molar-refractivity contribution in [2.75, 3.05) is 20.8 Å². The maximum absolute atomic E-state index is 11.9. The van der Waals surface area contributed by atoms with E-state index >= 15 is 0 Å². The average Bonchev–Trinajstić information content (AvgIpc) is 2.60. The van der Waals surface area contributed by atoms with Gasteiger partial charge in [-0.05, 0) is 64.3 Å². The van der Waals surface area contributed by atoms with Crippen molar-refractivity contribution in [2.45, 2.75) is 6.92 Å². The van der Waals surface area contributed by atoms with Gasteiger partial charge in [0.15, 0.2) is 18.1 Å². The summed E-state index contributed by atoms with van der Waals surface area (Å²) in [6, 6.07) is 9.09. The molecule has 0 spiro atoms. The number of nitrogens with zero attached hydrogens (tertiary/aromatic N) is 1. The lowest BCUT2D eigenvalue weighted by Gasteiger charge is -2.11. The number of amides is 1. The van der Waals surface area contributed by atoms with Gasteiger partial charge >= 0.3 is 0 Å². The summed E-state index contributed by atoms with van der Waals surface area (Å²) in [4.78, 5) is 11.9. The molecule has 138 valence electrons. The van der Waals surface area contributed by atoms with Crippen LogP contribution in [0, 0.1) is 6.92 Å². The highest BCUT2D eigenvalue weighted by atomic mass is 79.9. The zero-order valence-electron chi connectivity index (χ0n) is 14.5. The highest BCUT2D eigenvalue weighted by Crippen LogP contribution is 2.32. The van der Waals surface area contributed by atoms with Crippen LogP contribution in [0.5, 0.6) is 17.2 Å². The molecular weight excluding hydrogens is 468 g/mol. The third-order valence-electron chi connectivity index (χ3n) is 3.35. The number of carbonyl (C=O) groups is 1. The van der Waals surface area contributed by atoms with Gasteiger partial charge in [0, 0.05) is 4.47 Å². The minimum Gasteiger partial charge on any atom is -0.493 e. The number of benzene rings is 2. The van der Waals surface area contributed by atoms with Gasteiger partial charge in [0.2, 0.25) is 0 Å².